The van der Waals surface area contributed by atoms with Gasteiger partial charge >= 0.3 is 0 Å². The van der Waals surface area contributed by atoms with Gasteiger partial charge in [0.25, 0.3) is 0 Å². The van der Waals surface area contributed by atoms with Crippen molar-refractivity contribution >= 4 is 37.3 Å². The molecule has 1 aromatic rings. The molecule has 0 aliphatic carbocycles. The van der Waals surface area contributed by atoms with Crippen LogP contribution in [-0.2, 0) is 21.4 Å². The van der Waals surface area contributed by atoms with E-state index in [-0.39, 0.29) is 11.5 Å². The minimum atomic E-state index is -3.58. The van der Waals surface area contributed by atoms with Gasteiger partial charge in [-0.3, -0.25) is 0 Å². The van der Waals surface area contributed by atoms with Crippen molar-refractivity contribution in [2.45, 2.75) is 30.9 Å². The van der Waals surface area contributed by atoms with Crippen LogP contribution in [0.25, 0.3) is 0 Å². The number of sulfonamides is 1. The van der Waals surface area contributed by atoms with Crippen molar-refractivity contribution in [3.63, 3.8) is 0 Å². The van der Waals surface area contributed by atoms with Gasteiger partial charge < -0.3 is 9.84 Å². The summed E-state index contributed by atoms with van der Waals surface area (Å²) in [5.41, 5.74) is -0.572. The van der Waals surface area contributed by atoms with E-state index in [2.05, 4.69) is 15.9 Å². The number of rotatable bonds is 3. The Bertz CT molecular complexity index is 567. The van der Waals surface area contributed by atoms with Gasteiger partial charge in [0.05, 0.1) is 29.1 Å². The predicted molar refractivity (Wildman–Crippen MR) is 76.7 cm³/mol. The Morgan fingerprint density at radius 1 is 1.58 bits per heavy atom. The Morgan fingerprint density at radius 3 is 2.79 bits per heavy atom. The molecule has 2 rings (SSSR count). The molecule has 108 valence electrons. The van der Waals surface area contributed by atoms with E-state index in [1.54, 1.807) is 0 Å². The fourth-order valence-corrected chi connectivity index (χ4v) is 6.31. The standard InChI is InChI=1S/C11H16BrNO4S2/c1-11(2)7-17-4-3-13(11)19(15,16)9-5-8(6-14)18-10(9)12/h5,14H,3-4,6-7H2,1-2H3. The number of morpholine rings is 1. The molecular weight excluding hydrogens is 354 g/mol. The Balaban J connectivity index is 2.43. The summed E-state index contributed by atoms with van der Waals surface area (Å²) >= 11 is 4.50. The first-order chi connectivity index (χ1) is 8.79. The summed E-state index contributed by atoms with van der Waals surface area (Å²) in [4.78, 5) is 0.841. The van der Waals surface area contributed by atoms with E-state index in [4.69, 9.17) is 9.84 Å². The van der Waals surface area contributed by atoms with Crippen molar-refractivity contribution in [1.82, 2.24) is 4.31 Å². The molecule has 0 bridgehead atoms. The molecule has 0 saturated carbocycles. The zero-order chi connectivity index (χ0) is 14.3. The highest BCUT2D eigenvalue weighted by Crippen LogP contribution is 2.36. The van der Waals surface area contributed by atoms with E-state index in [0.29, 0.717) is 28.4 Å². The van der Waals surface area contributed by atoms with Gasteiger partial charge in [-0.2, -0.15) is 4.31 Å². The lowest BCUT2D eigenvalue weighted by Gasteiger charge is -2.40. The highest BCUT2D eigenvalue weighted by molar-refractivity contribution is 9.11. The first-order valence-electron chi connectivity index (χ1n) is 5.79. The van der Waals surface area contributed by atoms with Crippen LogP contribution in [0.3, 0.4) is 0 Å². The topological polar surface area (TPSA) is 66.8 Å². The molecule has 0 amide bonds. The van der Waals surface area contributed by atoms with Crippen LogP contribution < -0.4 is 0 Å². The molecule has 1 aliphatic heterocycles. The van der Waals surface area contributed by atoms with Gasteiger partial charge in [0, 0.05) is 11.4 Å². The monoisotopic (exact) mass is 369 g/mol. The molecule has 5 nitrogen and oxygen atoms in total. The summed E-state index contributed by atoms with van der Waals surface area (Å²) in [5.74, 6) is 0. The second-order valence-electron chi connectivity index (χ2n) is 4.95. The summed E-state index contributed by atoms with van der Waals surface area (Å²) in [6.45, 7) is 4.64. The maximum Gasteiger partial charge on any atom is 0.245 e. The normalized spacial score (nSPS) is 20.6. The molecule has 1 saturated heterocycles. The molecule has 1 aliphatic rings. The largest absolute Gasteiger partial charge is 0.391 e. The third-order valence-electron chi connectivity index (χ3n) is 3.00. The van der Waals surface area contributed by atoms with Gasteiger partial charge in [0.2, 0.25) is 10.0 Å². The fraction of sp³-hybridized carbons (Fsp3) is 0.636. The molecule has 1 aromatic heterocycles. The highest BCUT2D eigenvalue weighted by Gasteiger charge is 2.41. The molecule has 0 atom stereocenters. The predicted octanol–water partition coefficient (Wildman–Crippen LogP) is 1.80. The summed E-state index contributed by atoms with van der Waals surface area (Å²) in [6.07, 6.45) is 0. The average Bonchev–Trinajstić information content (AvgIpc) is 2.70. The number of aliphatic hydroxyl groups excluding tert-OH is 1. The second-order valence-corrected chi connectivity index (χ2v) is 9.24. The minimum Gasteiger partial charge on any atom is -0.391 e. The quantitative estimate of drug-likeness (QED) is 0.881. The van der Waals surface area contributed by atoms with Crippen LogP contribution in [0.4, 0.5) is 0 Å². The van der Waals surface area contributed by atoms with Gasteiger partial charge in [-0.25, -0.2) is 8.42 Å². The Hall–Kier alpha value is 0.01000. The van der Waals surface area contributed by atoms with Crippen LogP contribution in [0.15, 0.2) is 14.7 Å². The zero-order valence-electron chi connectivity index (χ0n) is 10.7. The van der Waals surface area contributed by atoms with Crippen LogP contribution in [0.5, 0.6) is 0 Å². The number of hydrogen-bond acceptors (Lipinski definition) is 5. The molecule has 19 heavy (non-hydrogen) atoms. The maximum absolute atomic E-state index is 12.7. The third kappa shape index (κ3) is 2.88. The highest BCUT2D eigenvalue weighted by atomic mass is 79.9. The lowest BCUT2D eigenvalue weighted by molar-refractivity contribution is -0.00771. The summed E-state index contributed by atoms with van der Waals surface area (Å²) in [6, 6.07) is 1.52. The number of hydrogen-bond donors (Lipinski definition) is 1. The fourth-order valence-electron chi connectivity index (χ4n) is 2.06. The van der Waals surface area contributed by atoms with E-state index in [1.807, 2.05) is 13.8 Å². The van der Waals surface area contributed by atoms with Crippen LogP contribution in [0, 0.1) is 0 Å². The number of aliphatic hydroxyl groups is 1. The molecular formula is C11H16BrNO4S2. The number of ether oxygens (including phenoxy) is 1. The Labute approximate surface area is 125 Å². The third-order valence-corrected chi connectivity index (χ3v) is 7.35. The molecule has 0 unspecified atom stereocenters. The number of thiophene rings is 1. The molecule has 1 fully saturated rings. The van der Waals surface area contributed by atoms with Gasteiger partial charge in [0.15, 0.2) is 0 Å². The van der Waals surface area contributed by atoms with Gasteiger partial charge in [-0.1, -0.05) is 0 Å². The van der Waals surface area contributed by atoms with E-state index < -0.39 is 15.6 Å². The van der Waals surface area contributed by atoms with E-state index in [1.165, 1.54) is 21.7 Å². The summed E-state index contributed by atoms with van der Waals surface area (Å²) in [7, 11) is -3.58. The summed E-state index contributed by atoms with van der Waals surface area (Å²) in [5, 5.41) is 9.12. The van der Waals surface area contributed by atoms with Crippen molar-refractivity contribution in [1.29, 1.82) is 0 Å². The van der Waals surface area contributed by atoms with Crippen molar-refractivity contribution < 1.29 is 18.3 Å². The maximum atomic E-state index is 12.7. The SMILES string of the molecule is CC1(C)COCCN1S(=O)(=O)c1cc(CO)sc1Br. The van der Waals surface area contributed by atoms with E-state index in [0.717, 1.165) is 0 Å². The number of nitrogens with zero attached hydrogens (tertiary/aromatic N) is 1. The van der Waals surface area contributed by atoms with Crippen molar-refractivity contribution in [3.8, 4) is 0 Å². The molecule has 0 aromatic carbocycles. The van der Waals surface area contributed by atoms with Crippen molar-refractivity contribution in [2.24, 2.45) is 0 Å². The van der Waals surface area contributed by atoms with Gasteiger partial charge in [0.1, 0.15) is 4.90 Å². The minimum absolute atomic E-state index is 0.161. The molecule has 2 heterocycles. The Kier molecular flexibility index (Phi) is 4.39. The second kappa shape index (κ2) is 5.42. The molecule has 0 spiro atoms. The average molecular weight is 370 g/mol. The molecule has 1 N–H and O–H groups in total. The lowest BCUT2D eigenvalue weighted by atomic mass is 10.1. The van der Waals surface area contributed by atoms with E-state index >= 15 is 0 Å². The van der Waals surface area contributed by atoms with Crippen molar-refractivity contribution in [3.05, 3.63) is 14.7 Å². The van der Waals surface area contributed by atoms with Gasteiger partial charge in [-0.05, 0) is 35.8 Å². The number of halogens is 1. The molecule has 0 radical (unpaired) electrons. The van der Waals surface area contributed by atoms with Crippen LogP contribution in [0.2, 0.25) is 0 Å². The smallest absolute Gasteiger partial charge is 0.245 e. The van der Waals surface area contributed by atoms with Gasteiger partial charge in [-0.15, -0.1) is 11.3 Å². The zero-order valence-corrected chi connectivity index (χ0v) is 13.9. The Morgan fingerprint density at radius 2 is 2.26 bits per heavy atom. The molecule has 8 heteroatoms. The van der Waals surface area contributed by atoms with Crippen LogP contribution >= 0.6 is 27.3 Å². The first kappa shape index (κ1) is 15.4. The van der Waals surface area contributed by atoms with E-state index in [9.17, 15) is 8.42 Å². The van der Waals surface area contributed by atoms with Crippen LogP contribution in [0.1, 0.15) is 18.7 Å². The van der Waals surface area contributed by atoms with Crippen molar-refractivity contribution in [2.75, 3.05) is 19.8 Å². The van der Waals surface area contributed by atoms with Crippen LogP contribution in [-0.4, -0.2) is 43.1 Å². The first-order valence-corrected chi connectivity index (χ1v) is 8.83. The summed E-state index contributed by atoms with van der Waals surface area (Å²) < 4.78 is 32.8. The lowest BCUT2D eigenvalue weighted by Crippen LogP contribution is -2.55.